The molecule has 3 nitrogen and oxygen atoms in total. The van der Waals surface area contributed by atoms with E-state index in [1.165, 1.54) is 18.1 Å². The minimum atomic E-state index is -0.981. The van der Waals surface area contributed by atoms with Crippen molar-refractivity contribution in [3.8, 4) is 5.75 Å². The van der Waals surface area contributed by atoms with E-state index in [0.717, 1.165) is 5.56 Å². The van der Waals surface area contributed by atoms with Gasteiger partial charge in [0.05, 0.1) is 17.8 Å². The fourth-order valence-corrected chi connectivity index (χ4v) is 2.11. The summed E-state index contributed by atoms with van der Waals surface area (Å²) in [6, 6.07) is 16.5. The second kappa shape index (κ2) is 6.12. The third-order valence-electron chi connectivity index (χ3n) is 2.33. The Bertz CT molecular complexity index is 526. The molecule has 0 bridgehead atoms. The van der Waals surface area contributed by atoms with E-state index >= 15 is 0 Å². The van der Waals surface area contributed by atoms with Gasteiger partial charge in [0.15, 0.2) is 5.75 Å². The highest BCUT2D eigenvalue weighted by Gasteiger charge is 2.10. The van der Waals surface area contributed by atoms with E-state index in [1.54, 1.807) is 18.2 Å². The Morgan fingerprint density at radius 3 is 2.44 bits per heavy atom. The van der Waals surface area contributed by atoms with E-state index in [9.17, 15) is 4.79 Å². The Balaban J connectivity index is 1.97. The number of hydrogen-bond donors (Lipinski definition) is 1. The molecule has 0 aliphatic carbocycles. The first-order valence-corrected chi connectivity index (χ1v) is 6.34. The van der Waals surface area contributed by atoms with Crippen molar-refractivity contribution < 1.29 is 14.1 Å². The van der Waals surface area contributed by atoms with Gasteiger partial charge >= 0.3 is 5.97 Å². The Morgan fingerprint density at radius 1 is 1.06 bits per heavy atom. The molecule has 2 aromatic rings. The van der Waals surface area contributed by atoms with E-state index in [2.05, 4.69) is 0 Å². The van der Waals surface area contributed by atoms with Crippen LogP contribution in [0.2, 0.25) is 0 Å². The predicted octanol–water partition coefficient (Wildman–Crippen LogP) is 3.61. The van der Waals surface area contributed by atoms with Crippen LogP contribution < -0.4 is 4.18 Å². The van der Waals surface area contributed by atoms with E-state index in [-0.39, 0.29) is 5.56 Å². The quantitative estimate of drug-likeness (QED) is 0.834. The van der Waals surface area contributed by atoms with E-state index < -0.39 is 5.97 Å². The van der Waals surface area contributed by atoms with Crippen molar-refractivity contribution in [2.45, 2.75) is 5.75 Å². The van der Waals surface area contributed by atoms with Crippen LogP contribution in [0.4, 0.5) is 0 Å². The maximum absolute atomic E-state index is 11.0. The predicted molar refractivity (Wildman–Crippen MR) is 71.8 cm³/mol. The van der Waals surface area contributed by atoms with Crippen molar-refractivity contribution in [2.75, 3.05) is 0 Å². The monoisotopic (exact) mass is 260 g/mol. The topological polar surface area (TPSA) is 46.5 Å². The van der Waals surface area contributed by atoms with Gasteiger partial charge in [-0.25, -0.2) is 4.79 Å². The lowest BCUT2D eigenvalue weighted by molar-refractivity contribution is 0.0695. The molecule has 18 heavy (non-hydrogen) atoms. The summed E-state index contributed by atoms with van der Waals surface area (Å²) in [6.07, 6.45) is 0. The largest absolute Gasteiger partial charge is 0.478 e. The number of rotatable bonds is 5. The molecular formula is C14H12O3S. The molecule has 0 atom stereocenters. The van der Waals surface area contributed by atoms with Gasteiger partial charge in [0.25, 0.3) is 0 Å². The number of benzene rings is 2. The number of para-hydroxylation sites is 1. The van der Waals surface area contributed by atoms with Gasteiger partial charge in [0, 0.05) is 0 Å². The van der Waals surface area contributed by atoms with Crippen LogP contribution in [0.25, 0.3) is 0 Å². The second-order valence-electron chi connectivity index (χ2n) is 3.63. The fraction of sp³-hybridized carbons (Fsp3) is 0.0714. The molecule has 0 unspecified atom stereocenters. The molecule has 2 rings (SSSR count). The Labute approximate surface area is 110 Å². The molecule has 2 aromatic carbocycles. The molecule has 0 fully saturated rings. The Kier molecular flexibility index (Phi) is 4.25. The van der Waals surface area contributed by atoms with Crippen LogP contribution in [0.3, 0.4) is 0 Å². The summed E-state index contributed by atoms with van der Waals surface area (Å²) in [5, 5.41) is 8.99. The van der Waals surface area contributed by atoms with Gasteiger partial charge in [0.1, 0.15) is 5.56 Å². The highest BCUT2D eigenvalue weighted by Crippen LogP contribution is 2.23. The summed E-state index contributed by atoms with van der Waals surface area (Å²) in [5.74, 6) is 0.0752. The van der Waals surface area contributed by atoms with Crippen LogP contribution in [0.1, 0.15) is 15.9 Å². The Morgan fingerprint density at radius 2 is 1.72 bits per heavy atom. The molecule has 4 heteroatoms. The first kappa shape index (κ1) is 12.5. The zero-order valence-electron chi connectivity index (χ0n) is 9.58. The minimum absolute atomic E-state index is 0.179. The fourth-order valence-electron chi connectivity index (χ4n) is 1.45. The van der Waals surface area contributed by atoms with Gasteiger partial charge in [0.2, 0.25) is 0 Å². The molecule has 92 valence electrons. The number of carbonyl (C=O) groups is 1. The number of carboxylic acid groups (broad SMARTS) is 1. The second-order valence-corrected chi connectivity index (χ2v) is 4.32. The summed E-state index contributed by atoms with van der Waals surface area (Å²) in [6.45, 7) is 0. The summed E-state index contributed by atoms with van der Waals surface area (Å²) in [7, 11) is 0. The van der Waals surface area contributed by atoms with Crippen LogP contribution in [0, 0.1) is 0 Å². The van der Waals surface area contributed by atoms with Crippen LogP contribution in [-0.4, -0.2) is 11.1 Å². The van der Waals surface area contributed by atoms with Crippen molar-refractivity contribution >= 4 is 18.0 Å². The van der Waals surface area contributed by atoms with Gasteiger partial charge in [-0.05, 0) is 17.7 Å². The van der Waals surface area contributed by atoms with Crippen molar-refractivity contribution in [1.29, 1.82) is 0 Å². The molecular weight excluding hydrogens is 248 g/mol. The zero-order valence-corrected chi connectivity index (χ0v) is 10.4. The molecule has 0 heterocycles. The van der Waals surface area contributed by atoms with E-state index in [4.69, 9.17) is 9.29 Å². The summed E-state index contributed by atoms with van der Waals surface area (Å²) in [5.41, 5.74) is 1.31. The highest BCUT2D eigenvalue weighted by atomic mass is 32.2. The molecule has 0 amide bonds. The van der Waals surface area contributed by atoms with Crippen LogP contribution in [0.15, 0.2) is 54.6 Å². The van der Waals surface area contributed by atoms with Gasteiger partial charge in [-0.1, -0.05) is 42.5 Å². The third kappa shape index (κ3) is 3.28. The molecule has 0 aliphatic rings. The van der Waals surface area contributed by atoms with Crippen LogP contribution in [-0.2, 0) is 5.75 Å². The van der Waals surface area contributed by atoms with E-state index in [0.29, 0.717) is 11.5 Å². The average molecular weight is 260 g/mol. The van der Waals surface area contributed by atoms with Crippen LogP contribution >= 0.6 is 12.0 Å². The van der Waals surface area contributed by atoms with Gasteiger partial charge < -0.3 is 9.29 Å². The molecule has 0 aliphatic heterocycles. The molecule has 1 N–H and O–H groups in total. The summed E-state index contributed by atoms with van der Waals surface area (Å²) < 4.78 is 5.44. The van der Waals surface area contributed by atoms with E-state index in [1.807, 2.05) is 30.3 Å². The molecule has 0 saturated carbocycles. The minimum Gasteiger partial charge on any atom is -0.478 e. The SMILES string of the molecule is O=C(O)c1ccccc1OSCc1ccccc1. The first-order chi connectivity index (χ1) is 8.77. The highest BCUT2D eigenvalue weighted by molar-refractivity contribution is 7.94. The lowest BCUT2D eigenvalue weighted by Crippen LogP contribution is -1.99. The average Bonchev–Trinajstić information content (AvgIpc) is 2.40. The standard InChI is InChI=1S/C14H12O3S/c15-14(16)12-8-4-5-9-13(12)17-18-10-11-6-2-1-3-7-11/h1-9H,10H2,(H,15,16). The van der Waals surface area contributed by atoms with Crippen molar-refractivity contribution in [3.63, 3.8) is 0 Å². The van der Waals surface area contributed by atoms with Crippen molar-refractivity contribution in [1.82, 2.24) is 0 Å². The normalized spacial score (nSPS) is 10.0. The smallest absolute Gasteiger partial charge is 0.339 e. The molecule has 0 spiro atoms. The van der Waals surface area contributed by atoms with Gasteiger partial charge in [-0.2, -0.15) is 0 Å². The maximum atomic E-state index is 11.0. The number of carboxylic acids is 1. The van der Waals surface area contributed by atoms with Crippen molar-refractivity contribution in [2.24, 2.45) is 0 Å². The molecule has 0 saturated heterocycles. The summed E-state index contributed by atoms with van der Waals surface area (Å²) >= 11 is 1.23. The van der Waals surface area contributed by atoms with Crippen LogP contribution in [0.5, 0.6) is 5.75 Å². The van der Waals surface area contributed by atoms with Crippen molar-refractivity contribution in [3.05, 3.63) is 65.7 Å². The van der Waals surface area contributed by atoms with Gasteiger partial charge in [-0.15, -0.1) is 0 Å². The number of hydrogen-bond acceptors (Lipinski definition) is 3. The lowest BCUT2D eigenvalue weighted by atomic mass is 10.2. The molecule has 0 radical (unpaired) electrons. The zero-order chi connectivity index (χ0) is 12.8. The molecule has 0 aromatic heterocycles. The third-order valence-corrected chi connectivity index (χ3v) is 3.08. The Hall–Kier alpha value is -1.94. The summed E-state index contributed by atoms with van der Waals surface area (Å²) in [4.78, 5) is 11.0. The lowest BCUT2D eigenvalue weighted by Gasteiger charge is -2.06. The maximum Gasteiger partial charge on any atom is 0.339 e. The first-order valence-electron chi connectivity index (χ1n) is 5.43. The number of aromatic carboxylic acids is 1. The van der Waals surface area contributed by atoms with Gasteiger partial charge in [-0.3, -0.25) is 0 Å².